The molecule has 0 amide bonds. The van der Waals surface area contributed by atoms with Crippen LogP contribution in [0.2, 0.25) is 0 Å². The molecule has 3 aromatic rings. The Labute approximate surface area is 118 Å². The first-order valence-electron chi connectivity index (χ1n) is 6.68. The maximum atomic E-state index is 5.88. The van der Waals surface area contributed by atoms with Crippen molar-refractivity contribution in [3.05, 3.63) is 66.1 Å². The Morgan fingerprint density at radius 1 is 1.10 bits per heavy atom. The van der Waals surface area contributed by atoms with Crippen LogP contribution in [-0.4, -0.2) is 7.05 Å². The predicted molar refractivity (Wildman–Crippen MR) is 79.8 cm³/mol. The van der Waals surface area contributed by atoms with Gasteiger partial charge in [-0.1, -0.05) is 36.4 Å². The number of hydrogen-bond acceptors (Lipinski definition) is 3. The summed E-state index contributed by atoms with van der Waals surface area (Å²) in [5.74, 6) is 1.72. The minimum absolute atomic E-state index is 0.442. The molecule has 20 heavy (non-hydrogen) atoms. The molecule has 0 saturated carbocycles. The second-order valence-electron chi connectivity index (χ2n) is 4.72. The number of furan rings is 1. The molecule has 0 aliphatic rings. The van der Waals surface area contributed by atoms with Gasteiger partial charge in [-0.2, -0.15) is 0 Å². The van der Waals surface area contributed by atoms with E-state index < -0.39 is 0 Å². The maximum Gasteiger partial charge on any atom is 0.146 e. The highest BCUT2D eigenvalue weighted by atomic mass is 16.5. The van der Waals surface area contributed by atoms with Crippen LogP contribution in [0.4, 0.5) is 0 Å². The summed E-state index contributed by atoms with van der Waals surface area (Å²) in [4.78, 5) is 0. The van der Waals surface area contributed by atoms with Crippen LogP contribution >= 0.6 is 0 Å². The van der Waals surface area contributed by atoms with Crippen LogP contribution in [0.1, 0.15) is 11.3 Å². The highest BCUT2D eigenvalue weighted by Gasteiger charge is 2.05. The van der Waals surface area contributed by atoms with E-state index in [-0.39, 0.29) is 0 Å². The van der Waals surface area contributed by atoms with Gasteiger partial charge in [0.1, 0.15) is 18.1 Å². The van der Waals surface area contributed by atoms with Crippen molar-refractivity contribution in [1.29, 1.82) is 0 Å². The zero-order valence-corrected chi connectivity index (χ0v) is 11.4. The summed E-state index contributed by atoms with van der Waals surface area (Å²) >= 11 is 0. The van der Waals surface area contributed by atoms with Gasteiger partial charge >= 0.3 is 0 Å². The number of rotatable bonds is 5. The van der Waals surface area contributed by atoms with E-state index in [9.17, 15) is 0 Å². The average molecular weight is 267 g/mol. The lowest BCUT2D eigenvalue weighted by molar-refractivity contribution is 0.273. The Kier molecular flexibility index (Phi) is 3.70. The number of fused-ring (bicyclic) bond motifs is 1. The van der Waals surface area contributed by atoms with Gasteiger partial charge in [-0.15, -0.1) is 0 Å². The van der Waals surface area contributed by atoms with E-state index in [1.54, 1.807) is 6.26 Å². The largest absolute Gasteiger partial charge is 0.485 e. The summed E-state index contributed by atoms with van der Waals surface area (Å²) in [6, 6.07) is 16.3. The Balaban J connectivity index is 1.76. The summed E-state index contributed by atoms with van der Waals surface area (Å²) < 4.78 is 11.4. The molecule has 0 fully saturated rings. The van der Waals surface area contributed by atoms with Crippen LogP contribution in [0.15, 0.2) is 59.2 Å². The van der Waals surface area contributed by atoms with Crippen molar-refractivity contribution in [2.45, 2.75) is 13.2 Å². The summed E-state index contributed by atoms with van der Waals surface area (Å²) in [5, 5.41) is 5.40. The second kappa shape index (κ2) is 5.80. The van der Waals surface area contributed by atoms with Gasteiger partial charge in [0.25, 0.3) is 0 Å². The standard InChI is InChI=1S/C17H17NO2/c1-18-10-13-9-15(19-11-13)12-20-17-8-4-6-14-5-2-3-7-16(14)17/h2-9,11,18H,10,12H2,1H3. The normalized spacial score (nSPS) is 10.8. The molecule has 0 aliphatic carbocycles. The quantitative estimate of drug-likeness (QED) is 0.765. The van der Waals surface area contributed by atoms with E-state index in [4.69, 9.17) is 9.15 Å². The second-order valence-corrected chi connectivity index (χ2v) is 4.72. The lowest BCUT2D eigenvalue weighted by Gasteiger charge is -2.07. The van der Waals surface area contributed by atoms with Crippen molar-refractivity contribution < 1.29 is 9.15 Å². The highest BCUT2D eigenvalue weighted by molar-refractivity contribution is 5.88. The molecule has 1 heterocycles. The Morgan fingerprint density at radius 2 is 1.95 bits per heavy atom. The molecule has 0 spiro atoms. The molecular formula is C17H17NO2. The van der Waals surface area contributed by atoms with Gasteiger partial charge in [0.05, 0.1) is 6.26 Å². The van der Waals surface area contributed by atoms with Crippen LogP contribution in [-0.2, 0) is 13.2 Å². The monoisotopic (exact) mass is 267 g/mol. The van der Waals surface area contributed by atoms with Gasteiger partial charge < -0.3 is 14.5 Å². The van der Waals surface area contributed by atoms with E-state index in [1.807, 2.05) is 37.4 Å². The first kappa shape index (κ1) is 12.8. The lowest BCUT2D eigenvalue weighted by atomic mass is 10.1. The minimum atomic E-state index is 0.442. The smallest absolute Gasteiger partial charge is 0.146 e. The lowest BCUT2D eigenvalue weighted by Crippen LogP contribution is -2.03. The number of ether oxygens (including phenoxy) is 1. The van der Waals surface area contributed by atoms with Crippen molar-refractivity contribution in [3.8, 4) is 5.75 Å². The van der Waals surface area contributed by atoms with Crippen LogP contribution < -0.4 is 10.1 Å². The Hall–Kier alpha value is -2.26. The third-order valence-corrected chi connectivity index (χ3v) is 3.21. The molecule has 3 nitrogen and oxygen atoms in total. The van der Waals surface area contributed by atoms with Gasteiger partial charge in [-0.3, -0.25) is 0 Å². The average Bonchev–Trinajstić information content (AvgIpc) is 2.93. The third-order valence-electron chi connectivity index (χ3n) is 3.21. The SMILES string of the molecule is CNCc1coc(COc2cccc3ccccc23)c1. The fourth-order valence-electron chi connectivity index (χ4n) is 2.27. The molecule has 1 N–H and O–H groups in total. The van der Waals surface area contributed by atoms with Crippen LogP contribution in [0, 0.1) is 0 Å². The molecule has 1 aromatic heterocycles. The van der Waals surface area contributed by atoms with Gasteiger partial charge in [-0.05, 0) is 24.6 Å². The van der Waals surface area contributed by atoms with Gasteiger partial charge in [0, 0.05) is 17.5 Å². The van der Waals surface area contributed by atoms with Crippen LogP contribution in [0.3, 0.4) is 0 Å². The molecule has 3 heteroatoms. The van der Waals surface area contributed by atoms with E-state index in [0.717, 1.165) is 29.0 Å². The van der Waals surface area contributed by atoms with E-state index >= 15 is 0 Å². The zero-order chi connectivity index (χ0) is 13.8. The van der Waals surface area contributed by atoms with Crippen molar-refractivity contribution in [3.63, 3.8) is 0 Å². The van der Waals surface area contributed by atoms with E-state index in [2.05, 4.69) is 23.5 Å². The molecule has 0 unspecified atom stereocenters. The fraction of sp³-hybridized carbons (Fsp3) is 0.176. The number of nitrogens with one attached hydrogen (secondary N) is 1. The molecule has 2 aromatic carbocycles. The molecular weight excluding hydrogens is 250 g/mol. The molecule has 102 valence electrons. The molecule has 0 aliphatic heterocycles. The third kappa shape index (κ3) is 2.68. The minimum Gasteiger partial charge on any atom is -0.485 e. The summed E-state index contributed by atoms with van der Waals surface area (Å²) in [5.41, 5.74) is 1.13. The summed E-state index contributed by atoms with van der Waals surface area (Å²) in [7, 11) is 1.92. The van der Waals surface area contributed by atoms with Crippen LogP contribution in [0.25, 0.3) is 10.8 Å². The highest BCUT2D eigenvalue weighted by Crippen LogP contribution is 2.26. The first-order valence-corrected chi connectivity index (χ1v) is 6.68. The predicted octanol–water partition coefficient (Wildman–Crippen LogP) is 3.73. The molecule has 3 rings (SSSR count). The van der Waals surface area contributed by atoms with Crippen LogP contribution in [0.5, 0.6) is 5.75 Å². The van der Waals surface area contributed by atoms with Crippen molar-refractivity contribution in [1.82, 2.24) is 5.32 Å². The molecule has 0 bridgehead atoms. The van der Waals surface area contributed by atoms with E-state index in [0.29, 0.717) is 6.61 Å². The topological polar surface area (TPSA) is 34.4 Å². The Bertz CT molecular complexity index is 698. The number of hydrogen-bond donors (Lipinski definition) is 1. The summed E-state index contributed by atoms with van der Waals surface area (Å²) in [6.45, 7) is 1.25. The number of benzene rings is 2. The van der Waals surface area contributed by atoms with Gasteiger partial charge in [0.2, 0.25) is 0 Å². The maximum absolute atomic E-state index is 5.88. The molecule has 0 atom stereocenters. The molecule has 0 radical (unpaired) electrons. The fourth-order valence-corrected chi connectivity index (χ4v) is 2.27. The summed E-state index contributed by atoms with van der Waals surface area (Å²) in [6.07, 6.45) is 1.76. The van der Waals surface area contributed by atoms with Gasteiger partial charge in [0.15, 0.2) is 0 Å². The zero-order valence-electron chi connectivity index (χ0n) is 11.4. The first-order chi connectivity index (χ1) is 9.86. The van der Waals surface area contributed by atoms with Crippen molar-refractivity contribution in [2.75, 3.05) is 7.05 Å². The van der Waals surface area contributed by atoms with Crippen molar-refractivity contribution in [2.24, 2.45) is 0 Å². The Morgan fingerprint density at radius 3 is 2.85 bits per heavy atom. The van der Waals surface area contributed by atoms with E-state index in [1.165, 1.54) is 5.39 Å². The molecule has 0 saturated heterocycles. The van der Waals surface area contributed by atoms with Gasteiger partial charge in [-0.25, -0.2) is 0 Å². The van der Waals surface area contributed by atoms with Crippen molar-refractivity contribution >= 4 is 10.8 Å².